The number of hydrogen-bond donors (Lipinski definition) is 0. The highest BCUT2D eigenvalue weighted by Gasteiger charge is 2.43. The average molecular weight is 436 g/mol. The zero-order valence-electron chi connectivity index (χ0n) is 20.4. The van der Waals surface area contributed by atoms with E-state index in [2.05, 4.69) is 87.7 Å². The summed E-state index contributed by atoms with van der Waals surface area (Å²) >= 11 is 0. The van der Waals surface area contributed by atoms with Crippen LogP contribution >= 0.6 is 0 Å². The van der Waals surface area contributed by atoms with Crippen LogP contribution < -0.4 is 4.57 Å². The van der Waals surface area contributed by atoms with E-state index >= 15 is 0 Å². The highest BCUT2D eigenvalue weighted by atomic mass is 16.3. The van der Waals surface area contributed by atoms with E-state index in [0.29, 0.717) is 0 Å². The molecule has 3 heterocycles. The fourth-order valence-electron chi connectivity index (χ4n) is 5.90. The van der Waals surface area contributed by atoms with Crippen molar-refractivity contribution in [2.24, 2.45) is 7.05 Å². The molecule has 6 rings (SSSR count). The Balaban J connectivity index is 1.76. The molecule has 0 radical (unpaired) electrons. The first-order chi connectivity index (χ1) is 15.7. The summed E-state index contributed by atoms with van der Waals surface area (Å²) in [4.78, 5) is 4.32. The summed E-state index contributed by atoms with van der Waals surface area (Å²) < 4.78 is 8.96. The van der Waals surface area contributed by atoms with Gasteiger partial charge in [-0.3, -0.25) is 4.98 Å². The lowest BCUT2D eigenvalue weighted by atomic mass is 9.62. The summed E-state index contributed by atoms with van der Waals surface area (Å²) in [7, 11) is 2.17. The van der Waals surface area contributed by atoms with E-state index in [4.69, 9.17) is 4.42 Å². The molecule has 3 nitrogen and oxygen atoms in total. The number of fused-ring (bicyclic) bond motifs is 5. The molecule has 5 aromatic rings. The van der Waals surface area contributed by atoms with Crippen LogP contribution in [0.15, 0.2) is 59.4 Å². The molecule has 3 aromatic heterocycles. The van der Waals surface area contributed by atoms with Gasteiger partial charge in [0.1, 0.15) is 18.2 Å². The first-order valence-electron chi connectivity index (χ1n) is 11.9. The van der Waals surface area contributed by atoms with Crippen molar-refractivity contribution in [2.45, 2.75) is 58.3 Å². The van der Waals surface area contributed by atoms with Crippen LogP contribution in [0.1, 0.15) is 57.2 Å². The van der Waals surface area contributed by atoms with E-state index in [9.17, 15) is 0 Å². The van der Waals surface area contributed by atoms with Gasteiger partial charge in [0.05, 0.1) is 5.56 Å². The van der Waals surface area contributed by atoms with Crippen molar-refractivity contribution in [2.75, 3.05) is 0 Å². The summed E-state index contributed by atoms with van der Waals surface area (Å²) in [5.41, 5.74) is 8.86. The van der Waals surface area contributed by atoms with E-state index in [1.165, 1.54) is 46.2 Å². The van der Waals surface area contributed by atoms with Crippen LogP contribution in [-0.4, -0.2) is 4.98 Å². The lowest BCUT2D eigenvalue weighted by Gasteiger charge is -2.41. The minimum atomic E-state index is 0.0974. The van der Waals surface area contributed by atoms with Crippen molar-refractivity contribution in [3.63, 3.8) is 0 Å². The molecule has 0 spiro atoms. The van der Waals surface area contributed by atoms with Gasteiger partial charge in [0.25, 0.3) is 0 Å². The number of pyridine rings is 2. The number of hydrogen-bond acceptors (Lipinski definition) is 2. The highest BCUT2D eigenvalue weighted by Crippen LogP contribution is 2.50. The first kappa shape index (κ1) is 20.4. The summed E-state index contributed by atoms with van der Waals surface area (Å²) in [5.74, 6) is 0. The van der Waals surface area contributed by atoms with Gasteiger partial charge in [-0.2, -0.15) is 0 Å². The summed E-state index contributed by atoms with van der Waals surface area (Å²) in [6, 6.07) is 13.2. The Morgan fingerprint density at radius 3 is 2.52 bits per heavy atom. The molecule has 0 unspecified atom stereocenters. The molecular formula is C30H31N2O+. The number of furan rings is 1. The van der Waals surface area contributed by atoms with Gasteiger partial charge in [-0.05, 0) is 65.3 Å². The third kappa shape index (κ3) is 2.88. The van der Waals surface area contributed by atoms with Gasteiger partial charge in [0.2, 0.25) is 5.69 Å². The minimum absolute atomic E-state index is 0.0974. The molecule has 0 N–H and O–H groups in total. The van der Waals surface area contributed by atoms with Crippen molar-refractivity contribution >= 4 is 32.7 Å². The van der Waals surface area contributed by atoms with Gasteiger partial charge in [-0.15, -0.1) is 0 Å². The van der Waals surface area contributed by atoms with E-state index in [-0.39, 0.29) is 10.8 Å². The smallest absolute Gasteiger partial charge is 0.220 e. The van der Waals surface area contributed by atoms with Crippen LogP contribution in [0.2, 0.25) is 0 Å². The van der Waals surface area contributed by atoms with Gasteiger partial charge in [0.15, 0.2) is 6.20 Å². The Morgan fingerprint density at radius 2 is 1.70 bits per heavy atom. The third-order valence-electron chi connectivity index (χ3n) is 7.95. The zero-order valence-corrected chi connectivity index (χ0v) is 20.4. The molecule has 33 heavy (non-hydrogen) atoms. The molecule has 0 amide bonds. The molecule has 0 saturated carbocycles. The Morgan fingerprint density at radius 1 is 0.909 bits per heavy atom. The van der Waals surface area contributed by atoms with E-state index < -0.39 is 0 Å². The maximum atomic E-state index is 6.66. The van der Waals surface area contributed by atoms with E-state index in [1.54, 1.807) is 0 Å². The monoisotopic (exact) mass is 435 g/mol. The maximum Gasteiger partial charge on any atom is 0.220 e. The molecule has 1 aliphatic carbocycles. The van der Waals surface area contributed by atoms with Crippen molar-refractivity contribution in [3.05, 3.63) is 71.7 Å². The fraction of sp³-hybridized carbons (Fsp3) is 0.333. The minimum Gasteiger partial charge on any atom is -0.455 e. The maximum absolute atomic E-state index is 6.66. The van der Waals surface area contributed by atoms with Gasteiger partial charge < -0.3 is 4.42 Å². The normalized spacial score (nSPS) is 17.0. The lowest BCUT2D eigenvalue weighted by molar-refractivity contribution is -0.661. The standard InChI is InChI=1S/C30H31N2O/c1-18-7-8-21-22-15-20-17-31-13-9-19(20)16-24(22)33-28(21)25(18)27-26-23(10-14-32(27)6)29(2,3)11-12-30(26,4)5/h7-10,13-17H,11-12H2,1-6H3/q+1. The molecule has 1 aliphatic rings. The SMILES string of the molecule is Cc1ccc2c(oc3cc4ccncc4cc32)c1-c1c2c(cc[n+]1C)C(C)(C)CCC2(C)C. The lowest BCUT2D eigenvalue weighted by Crippen LogP contribution is -2.41. The number of benzene rings is 2. The second kappa shape index (κ2) is 6.66. The van der Waals surface area contributed by atoms with Gasteiger partial charge in [-0.25, -0.2) is 4.57 Å². The topological polar surface area (TPSA) is 29.9 Å². The quantitative estimate of drug-likeness (QED) is 0.259. The van der Waals surface area contributed by atoms with Crippen LogP contribution in [0, 0.1) is 6.92 Å². The number of nitrogens with zero attached hydrogens (tertiary/aromatic N) is 2. The van der Waals surface area contributed by atoms with E-state index in [1.807, 2.05) is 18.5 Å². The van der Waals surface area contributed by atoms with Crippen LogP contribution in [0.25, 0.3) is 44.0 Å². The zero-order chi connectivity index (χ0) is 23.1. The van der Waals surface area contributed by atoms with Crippen LogP contribution in [-0.2, 0) is 17.9 Å². The van der Waals surface area contributed by atoms with Crippen molar-refractivity contribution in [1.82, 2.24) is 4.98 Å². The fourth-order valence-corrected chi connectivity index (χ4v) is 5.90. The van der Waals surface area contributed by atoms with Crippen molar-refractivity contribution < 1.29 is 8.98 Å². The van der Waals surface area contributed by atoms with Gasteiger partial charge in [-0.1, -0.05) is 39.8 Å². The Hall–Kier alpha value is -3.20. The second-order valence-corrected chi connectivity index (χ2v) is 11.1. The number of rotatable bonds is 1. The molecule has 3 heteroatoms. The Labute approximate surface area is 195 Å². The van der Waals surface area contributed by atoms with Gasteiger partial charge >= 0.3 is 0 Å². The number of aromatic nitrogens is 2. The third-order valence-corrected chi connectivity index (χ3v) is 7.95. The molecule has 0 saturated heterocycles. The van der Waals surface area contributed by atoms with Crippen LogP contribution in [0.4, 0.5) is 0 Å². The summed E-state index contributed by atoms with van der Waals surface area (Å²) in [6.07, 6.45) is 8.39. The predicted octanol–water partition coefficient (Wildman–Crippen LogP) is 7.28. The van der Waals surface area contributed by atoms with E-state index in [0.717, 1.165) is 27.3 Å². The molecule has 166 valence electrons. The second-order valence-electron chi connectivity index (χ2n) is 11.1. The Kier molecular flexibility index (Phi) is 4.12. The molecule has 0 bridgehead atoms. The van der Waals surface area contributed by atoms with Crippen molar-refractivity contribution in [1.29, 1.82) is 0 Å². The Bertz CT molecular complexity index is 1590. The molecular weight excluding hydrogens is 404 g/mol. The largest absolute Gasteiger partial charge is 0.455 e. The molecule has 0 aliphatic heterocycles. The highest BCUT2D eigenvalue weighted by molar-refractivity contribution is 6.13. The van der Waals surface area contributed by atoms with Crippen LogP contribution in [0.5, 0.6) is 0 Å². The number of aryl methyl sites for hydroxylation is 2. The van der Waals surface area contributed by atoms with Crippen molar-refractivity contribution in [3.8, 4) is 11.3 Å². The molecule has 2 aromatic carbocycles. The van der Waals surface area contributed by atoms with Crippen LogP contribution in [0.3, 0.4) is 0 Å². The molecule has 0 atom stereocenters. The summed E-state index contributed by atoms with van der Waals surface area (Å²) in [6.45, 7) is 11.8. The summed E-state index contributed by atoms with van der Waals surface area (Å²) in [5, 5.41) is 4.61. The predicted molar refractivity (Wildman–Crippen MR) is 136 cm³/mol. The average Bonchev–Trinajstić information content (AvgIpc) is 3.13. The molecule has 0 fully saturated rings. The first-order valence-corrected chi connectivity index (χ1v) is 11.9. The van der Waals surface area contributed by atoms with Gasteiger partial charge in [0, 0.05) is 40.2 Å².